The fourth-order valence-corrected chi connectivity index (χ4v) is 4.09. The Hall–Kier alpha value is -2.00. The number of phenolic OH excluding ortho intramolecular Hbond substituents is 2. The number of benzene rings is 2. The number of rotatable bonds is 4. The normalized spacial score (nSPS) is 20.2. The zero-order valence-electron chi connectivity index (χ0n) is 14.7. The van der Waals surface area contributed by atoms with Crippen molar-refractivity contribution < 1.29 is 14.7 Å². The lowest BCUT2D eigenvalue weighted by Crippen LogP contribution is -2.52. The van der Waals surface area contributed by atoms with Crippen molar-refractivity contribution >= 4 is 0 Å². The predicted octanol–water partition coefficient (Wildman–Crippen LogP) is 4.25. The Kier molecular flexibility index (Phi) is 4.81. The summed E-state index contributed by atoms with van der Waals surface area (Å²) < 4.78 is 1.01. The molecule has 0 aromatic heterocycles. The maximum Gasteiger partial charge on any atom is 0.119 e. The Morgan fingerprint density at radius 1 is 0.917 bits per heavy atom. The maximum absolute atomic E-state index is 10.4. The standard InChI is InChI=1S/C21H27NO2/c1-22(2)14-8-7-9-16(22)15-19(17-10-3-5-12-20(17)23)18-11-4-6-13-21(18)24/h3-6,10-13,16,19H,7-9,14-15H2,1-2H3,(H-,23,24)/p+1. The van der Waals surface area contributed by atoms with Gasteiger partial charge in [0.2, 0.25) is 0 Å². The molecule has 1 aliphatic heterocycles. The van der Waals surface area contributed by atoms with Gasteiger partial charge >= 0.3 is 0 Å². The average molecular weight is 326 g/mol. The minimum absolute atomic E-state index is 0.00731. The molecule has 0 amide bonds. The summed E-state index contributed by atoms with van der Waals surface area (Å²) in [6, 6.07) is 15.6. The molecule has 2 aromatic rings. The van der Waals surface area contributed by atoms with Gasteiger partial charge in [0.05, 0.1) is 26.7 Å². The van der Waals surface area contributed by atoms with Gasteiger partial charge in [0.25, 0.3) is 0 Å². The van der Waals surface area contributed by atoms with Crippen LogP contribution in [0.1, 0.15) is 42.7 Å². The number of para-hydroxylation sites is 2. The van der Waals surface area contributed by atoms with Crippen molar-refractivity contribution in [3.05, 3.63) is 59.7 Å². The predicted molar refractivity (Wildman–Crippen MR) is 97.3 cm³/mol. The van der Waals surface area contributed by atoms with Crippen molar-refractivity contribution in [2.24, 2.45) is 0 Å². The number of phenols is 2. The average Bonchev–Trinajstić information content (AvgIpc) is 2.55. The molecule has 0 bridgehead atoms. The van der Waals surface area contributed by atoms with Crippen LogP contribution in [0.2, 0.25) is 0 Å². The summed E-state index contributed by atoms with van der Waals surface area (Å²) >= 11 is 0. The lowest BCUT2D eigenvalue weighted by atomic mass is 9.82. The first-order chi connectivity index (χ1) is 11.5. The molecule has 3 heteroatoms. The van der Waals surface area contributed by atoms with Crippen LogP contribution in [0.3, 0.4) is 0 Å². The van der Waals surface area contributed by atoms with E-state index in [4.69, 9.17) is 0 Å². The molecule has 2 N–H and O–H groups in total. The third-order valence-corrected chi connectivity index (χ3v) is 5.64. The molecule has 0 radical (unpaired) electrons. The molecule has 1 saturated heterocycles. The first kappa shape index (κ1) is 16.8. The van der Waals surface area contributed by atoms with E-state index in [2.05, 4.69) is 14.1 Å². The van der Waals surface area contributed by atoms with Crippen molar-refractivity contribution in [1.82, 2.24) is 0 Å². The molecule has 0 spiro atoms. The quantitative estimate of drug-likeness (QED) is 0.825. The molecule has 1 fully saturated rings. The minimum atomic E-state index is 0.00731. The Labute approximate surface area is 144 Å². The van der Waals surface area contributed by atoms with E-state index in [1.54, 1.807) is 12.1 Å². The number of hydrogen-bond acceptors (Lipinski definition) is 2. The van der Waals surface area contributed by atoms with E-state index in [-0.39, 0.29) is 5.92 Å². The maximum atomic E-state index is 10.4. The molecule has 1 unspecified atom stereocenters. The fourth-order valence-electron chi connectivity index (χ4n) is 4.09. The van der Waals surface area contributed by atoms with Gasteiger partial charge in [-0.05, 0) is 31.4 Å². The van der Waals surface area contributed by atoms with Crippen LogP contribution in [0.4, 0.5) is 0 Å². The van der Waals surface area contributed by atoms with Crippen molar-refractivity contribution in [2.75, 3.05) is 20.6 Å². The number of hydrogen-bond donors (Lipinski definition) is 2. The Morgan fingerprint density at radius 2 is 1.46 bits per heavy atom. The van der Waals surface area contributed by atoms with Crippen LogP contribution in [-0.4, -0.2) is 41.4 Å². The topological polar surface area (TPSA) is 40.5 Å². The number of nitrogens with zero attached hydrogens (tertiary/aromatic N) is 1. The largest absolute Gasteiger partial charge is 0.508 e. The van der Waals surface area contributed by atoms with Crippen molar-refractivity contribution in [3.63, 3.8) is 0 Å². The summed E-state index contributed by atoms with van der Waals surface area (Å²) in [6.45, 7) is 1.19. The summed E-state index contributed by atoms with van der Waals surface area (Å²) in [5.41, 5.74) is 1.81. The monoisotopic (exact) mass is 326 g/mol. The second kappa shape index (κ2) is 6.86. The van der Waals surface area contributed by atoms with E-state index in [0.29, 0.717) is 17.5 Å². The van der Waals surface area contributed by atoms with Gasteiger partial charge in [0.1, 0.15) is 11.5 Å². The molecule has 0 aliphatic carbocycles. The number of quaternary nitrogens is 1. The highest BCUT2D eigenvalue weighted by molar-refractivity contribution is 5.46. The molecular formula is C21H28NO2+. The molecule has 1 heterocycles. The van der Waals surface area contributed by atoms with Gasteiger partial charge in [-0.3, -0.25) is 0 Å². The van der Waals surface area contributed by atoms with Gasteiger partial charge in [0.15, 0.2) is 0 Å². The van der Waals surface area contributed by atoms with E-state index < -0.39 is 0 Å². The van der Waals surface area contributed by atoms with E-state index in [9.17, 15) is 10.2 Å². The van der Waals surface area contributed by atoms with Crippen LogP contribution in [0, 0.1) is 0 Å². The van der Waals surface area contributed by atoms with Gasteiger partial charge in [-0.15, -0.1) is 0 Å². The molecular weight excluding hydrogens is 298 g/mol. The lowest BCUT2D eigenvalue weighted by molar-refractivity contribution is -0.920. The highest BCUT2D eigenvalue weighted by atomic mass is 16.3. The van der Waals surface area contributed by atoms with Gasteiger partial charge < -0.3 is 14.7 Å². The van der Waals surface area contributed by atoms with Gasteiger partial charge in [-0.2, -0.15) is 0 Å². The highest BCUT2D eigenvalue weighted by Gasteiger charge is 2.35. The van der Waals surface area contributed by atoms with Gasteiger partial charge in [-0.1, -0.05) is 36.4 Å². The molecule has 1 atom stereocenters. The zero-order valence-corrected chi connectivity index (χ0v) is 14.7. The number of likely N-dealkylation sites (tertiary alicyclic amines) is 1. The van der Waals surface area contributed by atoms with Crippen LogP contribution in [0.15, 0.2) is 48.5 Å². The Bertz CT molecular complexity index is 650. The lowest BCUT2D eigenvalue weighted by Gasteiger charge is -2.43. The molecule has 3 nitrogen and oxygen atoms in total. The number of piperidine rings is 1. The summed E-state index contributed by atoms with van der Waals surface area (Å²) in [6.07, 6.45) is 4.68. The molecule has 24 heavy (non-hydrogen) atoms. The van der Waals surface area contributed by atoms with E-state index >= 15 is 0 Å². The SMILES string of the molecule is C[N+]1(C)CCCCC1CC(c1ccccc1O)c1ccccc1O. The van der Waals surface area contributed by atoms with Gasteiger partial charge in [0, 0.05) is 23.5 Å². The van der Waals surface area contributed by atoms with E-state index in [1.165, 1.54) is 25.8 Å². The fraction of sp³-hybridized carbons (Fsp3) is 0.429. The molecule has 3 rings (SSSR count). The summed E-state index contributed by atoms with van der Waals surface area (Å²) in [5.74, 6) is 0.631. The second-order valence-corrected chi connectivity index (χ2v) is 7.56. The smallest absolute Gasteiger partial charge is 0.119 e. The number of aromatic hydroxyl groups is 2. The van der Waals surface area contributed by atoms with Crippen LogP contribution in [0.25, 0.3) is 0 Å². The van der Waals surface area contributed by atoms with E-state index in [1.807, 2.05) is 36.4 Å². The Balaban J connectivity index is 2.00. The van der Waals surface area contributed by atoms with Crippen LogP contribution < -0.4 is 0 Å². The first-order valence-electron chi connectivity index (χ1n) is 8.87. The van der Waals surface area contributed by atoms with Crippen LogP contribution in [-0.2, 0) is 0 Å². The molecule has 2 aromatic carbocycles. The second-order valence-electron chi connectivity index (χ2n) is 7.56. The third-order valence-electron chi connectivity index (χ3n) is 5.64. The summed E-state index contributed by atoms with van der Waals surface area (Å²) in [5, 5.41) is 20.8. The summed E-state index contributed by atoms with van der Waals surface area (Å²) in [4.78, 5) is 0. The third kappa shape index (κ3) is 3.41. The first-order valence-corrected chi connectivity index (χ1v) is 8.87. The zero-order chi connectivity index (χ0) is 17.2. The Morgan fingerprint density at radius 3 is 1.96 bits per heavy atom. The molecule has 0 saturated carbocycles. The van der Waals surface area contributed by atoms with Crippen LogP contribution in [0.5, 0.6) is 11.5 Å². The molecule has 1 aliphatic rings. The van der Waals surface area contributed by atoms with Crippen molar-refractivity contribution in [2.45, 2.75) is 37.6 Å². The molecule has 128 valence electrons. The van der Waals surface area contributed by atoms with Crippen molar-refractivity contribution in [1.29, 1.82) is 0 Å². The van der Waals surface area contributed by atoms with Crippen molar-refractivity contribution in [3.8, 4) is 11.5 Å². The summed E-state index contributed by atoms with van der Waals surface area (Å²) in [7, 11) is 4.60. The van der Waals surface area contributed by atoms with Crippen LogP contribution >= 0.6 is 0 Å². The van der Waals surface area contributed by atoms with E-state index in [0.717, 1.165) is 22.0 Å². The minimum Gasteiger partial charge on any atom is -0.508 e. The highest BCUT2D eigenvalue weighted by Crippen LogP contribution is 2.41. The van der Waals surface area contributed by atoms with Gasteiger partial charge in [-0.25, -0.2) is 0 Å².